The molecule has 1 N–H and O–H groups in total. The zero-order chi connectivity index (χ0) is 22.7. The van der Waals surface area contributed by atoms with E-state index >= 15 is 4.39 Å². The van der Waals surface area contributed by atoms with Gasteiger partial charge in [0.25, 0.3) is 0 Å². The molecular formula is C24H23F5O2. The molecule has 1 saturated carbocycles. The molecule has 1 fully saturated rings. The monoisotopic (exact) mass is 438 g/mol. The van der Waals surface area contributed by atoms with Crippen molar-refractivity contribution >= 4 is 5.97 Å². The van der Waals surface area contributed by atoms with Crippen LogP contribution in [0, 0.1) is 35.0 Å². The van der Waals surface area contributed by atoms with Crippen LogP contribution in [0.4, 0.5) is 22.0 Å². The fraction of sp³-hybridized carbons (Fsp3) is 0.375. The lowest BCUT2D eigenvalue weighted by Crippen LogP contribution is -2.16. The fourth-order valence-electron chi connectivity index (χ4n) is 4.41. The number of hydrogen-bond acceptors (Lipinski definition) is 1. The van der Waals surface area contributed by atoms with E-state index in [-0.39, 0.29) is 17.0 Å². The molecule has 2 aromatic carbocycles. The maximum atomic E-state index is 15.2. The summed E-state index contributed by atoms with van der Waals surface area (Å²) in [5.74, 6) is -9.12. The van der Waals surface area contributed by atoms with Crippen LogP contribution in [0.15, 0.2) is 30.4 Å². The number of carbonyl (C=O) groups is 1. The molecule has 0 heterocycles. The van der Waals surface area contributed by atoms with E-state index in [0.717, 1.165) is 31.7 Å². The van der Waals surface area contributed by atoms with Gasteiger partial charge in [0.1, 0.15) is 17.2 Å². The Kier molecular flexibility index (Phi) is 7.13. The quantitative estimate of drug-likeness (QED) is 0.290. The van der Waals surface area contributed by atoms with Crippen molar-refractivity contribution in [2.45, 2.75) is 51.4 Å². The van der Waals surface area contributed by atoms with E-state index in [1.165, 1.54) is 0 Å². The summed E-state index contributed by atoms with van der Waals surface area (Å²) in [5.41, 5.74) is -1.81. The van der Waals surface area contributed by atoms with Crippen LogP contribution in [-0.4, -0.2) is 11.1 Å². The van der Waals surface area contributed by atoms with Gasteiger partial charge in [-0.3, -0.25) is 0 Å². The maximum Gasteiger partial charge on any atom is 0.341 e. The van der Waals surface area contributed by atoms with E-state index in [2.05, 4.69) is 6.08 Å². The van der Waals surface area contributed by atoms with Gasteiger partial charge in [0.05, 0.1) is 0 Å². The molecule has 0 aromatic heterocycles. The largest absolute Gasteiger partial charge is 0.477 e. The van der Waals surface area contributed by atoms with Gasteiger partial charge >= 0.3 is 5.97 Å². The first kappa shape index (κ1) is 23.0. The van der Waals surface area contributed by atoms with Gasteiger partial charge in [-0.2, -0.15) is 0 Å². The Hall–Kier alpha value is -2.70. The van der Waals surface area contributed by atoms with Gasteiger partial charge in [-0.25, -0.2) is 26.7 Å². The van der Waals surface area contributed by atoms with Crippen LogP contribution in [0.1, 0.15) is 67.3 Å². The first-order valence-corrected chi connectivity index (χ1v) is 10.3. The van der Waals surface area contributed by atoms with E-state index in [9.17, 15) is 27.5 Å². The number of aromatic carboxylic acids is 1. The first-order chi connectivity index (χ1) is 14.7. The number of benzene rings is 2. The normalized spacial score (nSPS) is 19.2. The third kappa shape index (κ3) is 4.81. The molecule has 0 unspecified atom stereocenters. The summed E-state index contributed by atoms with van der Waals surface area (Å²) in [6.07, 6.45) is 8.84. The Morgan fingerprint density at radius 2 is 1.58 bits per heavy atom. The van der Waals surface area contributed by atoms with E-state index in [0.29, 0.717) is 30.9 Å². The van der Waals surface area contributed by atoms with E-state index in [1.54, 1.807) is 0 Å². The summed E-state index contributed by atoms with van der Waals surface area (Å²) in [6.45, 7) is 1.95. The highest BCUT2D eigenvalue weighted by atomic mass is 19.2. The highest BCUT2D eigenvalue weighted by Crippen LogP contribution is 2.43. The summed E-state index contributed by atoms with van der Waals surface area (Å²) >= 11 is 0. The van der Waals surface area contributed by atoms with Gasteiger partial charge in [-0.1, -0.05) is 12.2 Å². The minimum Gasteiger partial charge on any atom is -0.477 e. The van der Waals surface area contributed by atoms with Crippen molar-refractivity contribution in [1.29, 1.82) is 0 Å². The highest BCUT2D eigenvalue weighted by molar-refractivity contribution is 5.91. The lowest BCUT2D eigenvalue weighted by Gasteiger charge is -2.30. The van der Waals surface area contributed by atoms with Crippen molar-refractivity contribution in [2.75, 3.05) is 0 Å². The fourth-order valence-corrected chi connectivity index (χ4v) is 4.41. The molecule has 0 saturated heterocycles. The SMILES string of the molecule is C/C=C/CCC1CCC(c2cc(F)c(C(=O)O)c(F)c2-c2cc(F)c(F)c(F)c2)CC1. The lowest BCUT2D eigenvalue weighted by molar-refractivity contribution is 0.0686. The number of rotatable bonds is 6. The molecule has 0 aliphatic heterocycles. The van der Waals surface area contributed by atoms with E-state index in [4.69, 9.17) is 0 Å². The number of halogens is 5. The van der Waals surface area contributed by atoms with Crippen molar-refractivity contribution in [3.05, 3.63) is 70.6 Å². The van der Waals surface area contributed by atoms with Gasteiger partial charge in [-0.05, 0) is 86.6 Å². The Bertz CT molecular complexity index is 985. The number of carboxylic acids is 1. The second kappa shape index (κ2) is 9.62. The Balaban J connectivity index is 2.04. The molecule has 166 valence electrons. The van der Waals surface area contributed by atoms with Crippen molar-refractivity contribution in [3.8, 4) is 11.1 Å². The molecule has 0 atom stereocenters. The number of allylic oxidation sites excluding steroid dienone is 2. The minimum absolute atomic E-state index is 0.150. The van der Waals surface area contributed by atoms with E-state index in [1.807, 2.05) is 13.0 Å². The minimum atomic E-state index is -1.83. The average molecular weight is 438 g/mol. The molecule has 1 aliphatic carbocycles. The molecule has 7 heteroatoms. The second-order valence-electron chi connectivity index (χ2n) is 7.93. The van der Waals surface area contributed by atoms with Gasteiger partial charge in [0, 0.05) is 5.56 Å². The predicted octanol–water partition coefficient (Wildman–Crippen LogP) is 7.38. The Morgan fingerprint density at radius 3 is 2.13 bits per heavy atom. The van der Waals surface area contributed by atoms with Gasteiger partial charge in [0.15, 0.2) is 17.5 Å². The molecule has 0 amide bonds. The summed E-state index contributed by atoms with van der Waals surface area (Å²) in [7, 11) is 0. The highest BCUT2D eigenvalue weighted by Gasteiger charge is 2.31. The van der Waals surface area contributed by atoms with Crippen LogP contribution in [0.2, 0.25) is 0 Å². The summed E-state index contributed by atoms with van der Waals surface area (Å²) in [5, 5.41) is 9.22. The van der Waals surface area contributed by atoms with Gasteiger partial charge < -0.3 is 5.11 Å². The summed E-state index contributed by atoms with van der Waals surface area (Å²) < 4.78 is 70.7. The number of carboxylic acid groups (broad SMARTS) is 1. The summed E-state index contributed by atoms with van der Waals surface area (Å²) in [6, 6.07) is 2.14. The van der Waals surface area contributed by atoms with Gasteiger partial charge in [0.2, 0.25) is 0 Å². The molecule has 0 radical (unpaired) electrons. The molecule has 31 heavy (non-hydrogen) atoms. The molecule has 0 bridgehead atoms. The van der Waals surface area contributed by atoms with Crippen molar-refractivity contribution in [1.82, 2.24) is 0 Å². The van der Waals surface area contributed by atoms with Crippen LogP contribution >= 0.6 is 0 Å². The Labute approximate surface area is 177 Å². The van der Waals surface area contributed by atoms with Crippen LogP contribution < -0.4 is 0 Å². The van der Waals surface area contributed by atoms with Crippen LogP contribution in [0.5, 0.6) is 0 Å². The molecule has 2 aromatic rings. The van der Waals surface area contributed by atoms with Crippen molar-refractivity contribution in [3.63, 3.8) is 0 Å². The van der Waals surface area contributed by atoms with Crippen molar-refractivity contribution < 1.29 is 31.9 Å². The topological polar surface area (TPSA) is 37.3 Å². The zero-order valence-corrected chi connectivity index (χ0v) is 17.0. The first-order valence-electron chi connectivity index (χ1n) is 10.3. The molecule has 3 rings (SSSR count). The van der Waals surface area contributed by atoms with Crippen LogP contribution in [-0.2, 0) is 0 Å². The zero-order valence-electron chi connectivity index (χ0n) is 17.0. The molecule has 0 spiro atoms. The van der Waals surface area contributed by atoms with Crippen molar-refractivity contribution in [2.24, 2.45) is 5.92 Å². The Morgan fingerprint density at radius 1 is 0.968 bits per heavy atom. The molecule has 1 aliphatic rings. The maximum absolute atomic E-state index is 15.2. The third-order valence-corrected chi connectivity index (χ3v) is 6.00. The second-order valence-corrected chi connectivity index (χ2v) is 7.93. The lowest BCUT2D eigenvalue weighted by atomic mass is 9.75. The third-order valence-electron chi connectivity index (χ3n) is 6.00. The van der Waals surface area contributed by atoms with Crippen LogP contribution in [0.25, 0.3) is 11.1 Å². The molecular weight excluding hydrogens is 415 g/mol. The molecule has 2 nitrogen and oxygen atoms in total. The average Bonchev–Trinajstić information content (AvgIpc) is 2.71. The summed E-state index contributed by atoms with van der Waals surface area (Å²) in [4.78, 5) is 11.4. The predicted molar refractivity (Wildman–Crippen MR) is 107 cm³/mol. The van der Waals surface area contributed by atoms with E-state index < -0.39 is 46.2 Å². The standard InChI is InChI=1S/C24H23F5O2/c1-2-3-4-5-13-6-8-14(9-7-13)16-12-17(25)21(24(30)31)23(29)20(16)15-10-18(26)22(28)19(27)11-15/h2-3,10-14H,4-9H2,1H3,(H,30,31)/b3-2+. The van der Waals surface area contributed by atoms with Gasteiger partial charge in [-0.15, -0.1) is 0 Å². The smallest absolute Gasteiger partial charge is 0.341 e. The number of hydrogen-bond donors (Lipinski definition) is 1. The van der Waals surface area contributed by atoms with Crippen LogP contribution in [0.3, 0.4) is 0 Å².